The van der Waals surface area contributed by atoms with Gasteiger partial charge in [0.05, 0.1) is 0 Å². The van der Waals surface area contributed by atoms with E-state index in [2.05, 4.69) is 15.5 Å². The molecule has 2 rings (SSSR count). The Morgan fingerprint density at radius 3 is 3.06 bits per heavy atom. The van der Waals surface area contributed by atoms with Crippen LogP contribution in [0.2, 0.25) is 0 Å². The predicted octanol–water partition coefficient (Wildman–Crippen LogP) is 2.33. The van der Waals surface area contributed by atoms with Crippen LogP contribution in [0.1, 0.15) is 43.5 Å². The fourth-order valence-corrected chi connectivity index (χ4v) is 3.31. The first-order chi connectivity index (χ1) is 8.19. The molecule has 94 valence electrons. The molecule has 1 aliphatic rings. The Balaban J connectivity index is 1.92. The molecule has 2 atom stereocenters. The number of nitrogens with zero attached hydrogens (tertiary/aromatic N) is 2. The highest BCUT2D eigenvalue weighted by Crippen LogP contribution is 2.41. The maximum atomic E-state index is 10.7. The molecule has 0 bridgehead atoms. The van der Waals surface area contributed by atoms with E-state index in [0.717, 1.165) is 35.9 Å². The molecule has 5 nitrogen and oxygen atoms in total. The maximum Gasteiger partial charge on any atom is 0.303 e. The standard InChI is InChI=1S/C11H17N3O2S/c1-2-12-11-14-13-10(17-11)8-4-3-7(5-8)6-9(15)16/h7-8H,2-6H2,1H3,(H,12,14)(H,15,16). The number of rotatable bonds is 5. The molecule has 1 fully saturated rings. The van der Waals surface area contributed by atoms with E-state index in [4.69, 9.17) is 5.11 Å². The van der Waals surface area contributed by atoms with Gasteiger partial charge in [0.15, 0.2) is 0 Å². The lowest BCUT2D eigenvalue weighted by atomic mass is 10.0. The first-order valence-electron chi connectivity index (χ1n) is 5.98. The van der Waals surface area contributed by atoms with Gasteiger partial charge in [0, 0.05) is 18.9 Å². The zero-order chi connectivity index (χ0) is 12.3. The average molecular weight is 255 g/mol. The van der Waals surface area contributed by atoms with Gasteiger partial charge in [0.25, 0.3) is 0 Å². The third kappa shape index (κ3) is 3.15. The molecule has 0 aromatic carbocycles. The van der Waals surface area contributed by atoms with Gasteiger partial charge in [-0.2, -0.15) is 0 Å². The van der Waals surface area contributed by atoms with E-state index in [1.165, 1.54) is 0 Å². The molecular weight excluding hydrogens is 238 g/mol. The molecule has 0 spiro atoms. The van der Waals surface area contributed by atoms with E-state index >= 15 is 0 Å². The number of carbonyl (C=O) groups is 1. The Morgan fingerprint density at radius 2 is 2.35 bits per heavy atom. The van der Waals surface area contributed by atoms with Crippen LogP contribution in [0, 0.1) is 5.92 Å². The van der Waals surface area contributed by atoms with Crippen LogP contribution in [0.15, 0.2) is 0 Å². The van der Waals surface area contributed by atoms with Gasteiger partial charge in [-0.05, 0) is 32.1 Å². The Labute approximate surface area is 104 Å². The molecule has 17 heavy (non-hydrogen) atoms. The number of aromatic nitrogens is 2. The third-order valence-corrected chi connectivity index (χ3v) is 4.17. The van der Waals surface area contributed by atoms with Gasteiger partial charge in [0.1, 0.15) is 5.01 Å². The number of anilines is 1. The second-order valence-corrected chi connectivity index (χ2v) is 5.46. The van der Waals surface area contributed by atoms with E-state index in [9.17, 15) is 4.79 Å². The summed E-state index contributed by atoms with van der Waals surface area (Å²) in [6, 6.07) is 0. The summed E-state index contributed by atoms with van der Waals surface area (Å²) in [7, 11) is 0. The van der Waals surface area contributed by atoms with E-state index in [1.54, 1.807) is 11.3 Å². The summed E-state index contributed by atoms with van der Waals surface area (Å²) >= 11 is 1.59. The molecule has 6 heteroatoms. The van der Waals surface area contributed by atoms with Gasteiger partial charge >= 0.3 is 5.97 Å². The minimum absolute atomic E-state index is 0.287. The predicted molar refractivity (Wildman–Crippen MR) is 66.4 cm³/mol. The third-order valence-electron chi connectivity index (χ3n) is 3.12. The number of aliphatic carboxylic acids is 1. The van der Waals surface area contributed by atoms with Gasteiger partial charge in [0.2, 0.25) is 5.13 Å². The van der Waals surface area contributed by atoms with Crippen molar-refractivity contribution in [3.63, 3.8) is 0 Å². The van der Waals surface area contributed by atoms with Crippen molar-refractivity contribution in [2.24, 2.45) is 5.92 Å². The Morgan fingerprint density at radius 1 is 1.53 bits per heavy atom. The molecule has 1 aliphatic carbocycles. The van der Waals surface area contributed by atoms with Gasteiger partial charge < -0.3 is 10.4 Å². The summed E-state index contributed by atoms with van der Waals surface area (Å²) < 4.78 is 0. The maximum absolute atomic E-state index is 10.7. The molecular formula is C11H17N3O2S. The minimum atomic E-state index is -0.693. The second kappa shape index (κ2) is 5.44. The number of carboxylic acids is 1. The number of hydrogen-bond donors (Lipinski definition) is 2. The fourth-order valence-electron chi connectivity index (χ4n) is 2.35. The first-order valence-corrected chi connectivity index (χ1v) is 6.79. The van der Waals surface area contributed by atoms with Crippen LogP contribution < -0.4 is 5.32 Å². The van der Waals surface area contributed by atoms with Crippen molar-refractivity contribution in [1.82, 2.24) is 10.2 Å². The molecule has 0 radical (unpaired) electrons. The molecule has 2 N–H and O–H groups in total. The number of nitrogens with one attached hydrogen (secondary N) is 1. The minimum Gasteiger partial charge on any atom is -0.481 e. The highest BCUT2D eigenvalue weighted by Gasteiger charge is 2.29. The monoisotopic (exact) mass is 255 g/mol. The largest absolute Gasteiger partial charge is 0.481 e. The highest BCUT2D eigenvalue weighted by atomic mass is 32.1. The molecule has 1 heterocycles. The van der Waals surface area contributed by atoms with Crippen molar-refractivity contribution in [3.8, 4) is 0 Å². The van der Waals surface area contributed by atoms with E-state index in [-0.39, 0.29) is 6.42 Å². The van der Waals surface area contributed by atoms with E-state index in [1.807, 2.05) is 6.92 Å². The Kier molecular flexibility index (Phi) is 3.93. The lowest BCUT2D eigenvalue weighted by molar-refractivity contribution is -0.138. The van der Waals surface area contributed by atoms with Crippen LogP contribution >= 0.6 is 11.3 Å². The molecule has 1 saturated carbocycles. The summed E-state index contributed by atoms with van der Waals surface area (Å²) in [5, 5.41) is 22.1. The van der Waals surface area contributed by atoms with Crippen molar-refractivity contribution in [3.05, 3.63) is 5.01 Å². The highest BCUT2D eigenvalue weighted by molar-refractivity contribution is 7.15. The summed E-state index contributed by atoms with van der Waals surface area (Å²) in [6.45, 7) is 2.88. The van der Waals surface area contributed by atoms with Crippen LogP contribution in [0.4, 0.5) is 5.13 Å². The van der Waals surface area contributed by atoms with Crippen LogP contribution in [-0.4, -0.2) is 27.8 Å². The summed E-state index contributed by atoms with van der Waals surface area (Å²) in [4.78, 5) is 10.7. The first kappa shape index (κ1) is 12.3. The lowest BCUT2D eigenvalue weighted by Crippen LogP contribution is -2.04. The fraction of sp³-hybridized carbons (Fsp3) is 0.727. The molecule has 0 amide bonds. The van der Waals surface area contributed by atoms with Crippen LogP contribution in [-0.2, 0) is 4.79 Å². The normalized spacial score (nSPS) is 23.8. The van der Waals surface area contributed by atoms with Crippen molar-refractivity contribution >= 4 is 22.4 Å². The number of hydrogen-bond acceptors (Lipinski definition) is 5. The zero-order valence-electron chi connectivity index (χ0n) is 9.85. The van der Waals surface area contributed by atoms with E-state index < -0.39 is 5.97 Å². The summed E-state index contributed by atoms with van der Waals surface area (Å²) in [6.07, 6.45) is 3.26. The van der Waals surface area contributed by atoms with Crippen LogP contribution in [0.25, 0.3) is 0 Å². The number of carboxylic acid groups (broad SMARTS) is 1. The van der Waals surface area contributed by atoms with Gasteiger partial charge in [-0.3, -0.25) is 4.79 Å². The zero-order valence-corrected chi connectivity index (χ0v) is 10.7. The van der Waals surface area contributed by atoms with Crippen molar-refractivity contribution in [1.29, 1.82) is 0 Å². The average Bonchev–Trinajstić information content (AvgIpc) is 2.86. The SMILES string of the molecule is CCNc1nnc(C2CCC(CC(=O)O)C2)s1. The van der Waals surface area contributed by atoms with Crippen LogP contribution in [0.3, 0.4) is 0 Å². The summed E-state index contributed by atoms with van der Waals surface area (Å²) in [5.74, 6) is 0.0227. The van der Waals surface area contributed by atoms with Crippen molar-refractivity contribution in [2.45, 2.75) is 38.5 Å². The van der Waals surface area contributed by atoms with Crippen LogP contribution in [0.5, 0.6) is 0 Å². The van der Waals surface area contributed by atoms with Gasteiger partial charge in [-0.1, -0.05) is 11.3 Å². The lowest BCUT2D eigenvalue weighted by Gasteiger charge is -2.05. The smallest absolute Gasteiger partial charge is 0.303 e. The molecule has 2 unspecified atom stereocenters. The molecule has 0 saturated heterocycles. The van der Waals surface area contributed by atoms with Gasteiger partial charge in [-0.15, -0.1) is 10.2 Å². The second-order valence-electron chi connectivity index (χ2n) is 4.45. The Hall–Kier alpha value is -1.17. The molecule has 1 aromatic rings. The molecule has 0 aliphatic heterocycles. The topological polar surface area (TPSA) is 75.1 Å². The van der Waals surface area contributed by atoms with Crippen molar-refractivity contribution in [2.75, 3.05) is 11.9 Å². The molecule has 1 aromatic heterocycles. The van der Waals surface area contributed by atoms with Gasteiger partial charge in [-0.25, -0.2) is 0 Å². The summed E-state index contributed by atoms with van der Waals surface area (Å²) in [5.41, 5.74) is 0. The van der Waals surface area contributed by atoms with Crippen molar-refractivity contribution < 1.29 is 9.90 Å². The van der Waals surface area contributed by atoms with E-state index in [0.29, 0.717) is 11.8 Å². The Bertz CT molecular complexity index is 394. The quantitative estimate of drug-likeness (QED) is 0.844.